The maximum absolute atomic E-state index is 13.7. The van der Waals surface area contributed by atoms with E-state index in [2.05, 4.69) is 10.4 Å². The first-order valence-corrected chi connectivity index (χ1v) is 11.6. The van der Waals surface area contributed by atoms with Crippen LogP contribution in [-0.2, 0) is 0 Å². The van der Waals surface area contributed by atoms with E-state index >= 15 is 0 Å². The normalized spacial score (nSPS) is 11.3. The summed E-state index contributed by atoms with van der Waals surface area (Å²) in [6.07, 6.45) is 0. The molecule has 0 aliphatic carbocycles. The van der Waals surface area contributed by atoms with E-state index < -0.39 is 5.91 Å². The average Bonchev–Trinajstić information content (AvgIpc) is 3.39. The molecular weight excluding hydrogens is 474 g/mol. The molecule has 8 nitrogen and oxygen atoms in total. The van der Waals surface area contributed by atoms with Crippen molar-refractivity contribution in [2.75, 3.05) is 11.1 Å². The largest absolute Gasteiger partial charge is 0.384 e. The van der Waals surface area contributed by atoms with Gasteiger partial charge in [0.1, 0.15) is 22.7 Å². The van der Waals surface area contributed by atoms with Crippen molar-refractivity contribution in [2.24, 2.45) is 0 Å². The van der Waals surface area contributed by atoms with Crippen molar-refractivity contribution in [3.05, 3.63) is 101 Å². The maximum atomic E-state index is 13.7. The molecule has 0 spiro atoms. The van der Waals surface area contributed by atoms with Crippen molar-refractivity contribution in [3.8, 4) is 11.4 Å². The summed E-state index contributed by atoms with van der Waals surface area (Å²) in [4.78, 5) is 23.3. The van der Waals surface area contributed by atoms with E-state index in [9.17, 15) is 4.79 Å². The number of rotatable bonds is 4. The Morgan fingerprint density at radius 3 is 2.28 bits per heavy atom. The lowest BCUT2D eigenvalue weighted by atomic mass is 10.2. The van der Waals surface area contributed by atoms with E-state index in [1.165, 1.54) is 0 Å². The van der Waals surface area contributed by atoms with Crippen molar-refractivity contribution in [1.29, 1.82) is 0 Å². The highest BCUT2D eigenvalue weighted by Crippen LogP contribution is 2.32. The van der Waals surface area contributed by atoms with Gasteiger partial charge in [-0.1, -0.05) is 41.9 Å². The molecule has 0 saturated heterocycles. The number of nitrogen functional groups attached to an aromatic ring is 1. The summed E-state index contributed by atoms with van der Waals surface area (Å²) in [5.41, 5.74) is 11.4. The number of hydrogen-bond donors (Lipinski definition) is 2. The molecular formula is C27H20ClN7O. The first kappa shape index (κ1) is 21.8. The van der Waals surface area contributed by atoms with Crippen LogP contribution in [0.15, 0.2) is 84.9 Å². The van der Waals surface area contributed by atoms with Gasteiger partial charge in [-0.05, 0) is 55.5 Å². The fourth-order valence-corrected chi connectivity index (χ4v) is 4.40. The summed E-state index contributed by atoms with van der Waals surface area (Å²) in [5, 5.41) is 8.11. The summed E-state index contributed by atoms with van der Waals surface area (Å²) in [7, 11) is 0. The van der Waals surface area contributed by atoms with Crippen LogP contribution in [-0.4, -0.2) is 30.2 Å². The topological polar surface area (TPSA) is 104 Å². The minimum atomic E-state index is -0.410. The number of hydrogen-bond acceptors (Lipinski definition) is 5. The molecule has 0 fully saturated rings. The summed E-state index contributed by atoms with van der Waals surface area (Å²) >= 11 is 6.11. The molecule has 0 radical (unpaired) electrons. The Bertz CT molecular complexity index is 1750. The van der Waals surface area contributed by atoms with Crippen LogP contribution in [0.4, 0.5) is 11.6 Å². The van der Waals surface area contributed by atoms with Gasteiger partial charge in [0, 0.05) is 16.8 Å². The number of aryl methyl sites for hydroxylation is 1. The molecule has 9 heteroatoms. The Hall–Kier alpha value is -4.69. The van der Waals surface area contributed by atoms with Gasteiger partial charge in [-0.25, -0.2) is 14.6 Å². The quantitative estimate of drug-likeness (QED) is 0.335. The number of anilines is 2. The van der Waals surface area contributed by atoms with Gasteiger partial charge in [0.2, 0.25) is 0 Å². The molecule has 3 heterocycles. The number of para-hydroxylation sites is 3. The van der Waals surface area contributed by atoms with E-state index in [1.807, 2.05) is 73.7 Å². The van der Waals surface area contributed by atoms with Crippen LogP contribution < -0.4 is 11.1 Å². The Labute approximate surface area is 211 Å². The van der Waals surface area contributed by atoms with Gasteiger partial charge in [0.05, 0.1) is 22.4 Å². The average molecular weight is 494 g/mol. The van der Waals surface area contributed by atoms with Crippen LogP contribution in [0.3, 0.4) is 0 Å². The third kappa shape index (κ3) is 3.64. The summed E-state index contributed by atoms with van der Waals surface area (Å²) < 4.78 is 3.41. The molecule has 0 aliphatic heterocycles. The van der Waals surface area contributed by atoms with Crippen molar-refractivity contribution in [2.45, 2.75) is 6.92 Å². The van der Waals surface area contributed by atoms with Crippen LogP contribution in [0.5, 0.6) is 0 Å². The van der Waals surface area contributed by atoms with Crippen LogP contribution in [0, 0.1) is 6.92 Å². The molecule has 0 bridgehead atoms. The number of aromatic nitrogens is 5. The minimum absolute atomic E-state index is 0.225. The molecule has 0 aliphatic rings. The second kappa shape index (κ2) is 8.51. The van der Waals surface area contributed by atoms with E-state index in [-0.39, 0.29) is 11.4 Å². The zero-order chi connectivity index (χ0) is 24.8. The molecule has 36 heavy (non-hydrogen) atoms. The van der Waals surface area contributed by atoms with Crippen molar-refractivity contribution < 1.29 is 4.79 Å². The number of nitrogens with zero attached hydrogens (tertiary/aromatic N) is 5. The fraction of sp³-hybridized carbons (Fsp3) is 0.0370. The van der Waals surface area contributed by atoms with Crippen LogP contribution in [0.25, 0.3) is 33.6 Å². The number of benzene rings is 3. The lowest BCUT2D eigenvalue weighted by molar-refractivity contribution is 0.102. The molecule has 3 aromatic carbocycles. The predicted octanol–water partition coefficient (Wildman–Crippen LogP) is 5.56. The second-order valence-corrected chi connectivity index (χ2v) is 8.77. The van der Waals surface area contributed by atoms with Gasteiger partial charge in [-0.3, -0.25) is 9.36 Å². The Kier molecular flexibility index (Phi) is 5.16. The zero-order valence-corrected chi connectivity index (χ0v) is 19.9. The van der Waals surface area contributed by atoms with E-state index in [4.69, 9.17) is 27.3 Å². The third-order valence-electron chi connectivity index (χ3n) is 5.88. The van der Waals surface area contributed by atoms with Crippen molar-refractivity contribution >= 4 is 51.3 Å². The number of amides is 1. The number of nitrogens with two attached hydrogens (primary N) is 1. The monoisotopic (exact) mass is 493 g/mol. The van der Waals surface area contributed by atoms with Crippen LogP contribution in [0.1, 0.15) is 16.1 Å². The lowest BCUT2D eigenvalue weighted by Gasteiger charge is -2.10. The molecule has 0 saturated carbocycles. The Morgan fingerprint density at radius 1 is 0.889 bits per heavy atom. The predicted molar refractivity (Wildman–Crippen MR) is 142 cm³/mol. The number of carbonyl (C=O) groups is 1. The van der Waals surface area contributed by atoms with E-state index in [0.717, 1.165) is 17.1 Å². The molecule has 6 rings (SSSR count). The van der Waals surface area contributed by atoms with Gasteiger partial charge < -0.3 is 11.1 Å². The first-order valence-electron chi connectivity index (χ1n) is 11.3. The van der Waals surface area contributed by atoms with Crippen molar-refractivity contribution in [3.63, 3.8) is 0 Å². The summed E-state index contributed by atoms with van der Waals surface area (Å²) in [5.74, 6) is 0.332. The Balaban J connectivity index is 1.53. The van der Waals surface area contributed by atoms with Gasteiger partial charge in [-0.15, -0.1) is 0 Å². The highest BCUT2D eigenvalue weighted by atomic mass is 35.5. The van der Waals surface area contributed by atoms with Crippen molar-refractivity contribution in [1.82, 2.24) is 24.3 Å². The summed E-state index contributed by atoms with van der Waals surface area (Å²) in [6.45, 7) is 1.87. The lowest BCUT2D eigenvalue weighted by Crippen LogP contribution is -2.17. The number of fused-ring (bicyclic) bond motifs is 2. The van der Waals surface area contributed by atoms with Crippen LogP contribution in [0.2, 0.25) is 5.02 Å². The highest BCUT2D eigenvalue weighted by molar-refractivity contribution is 6.30. The van der Waals surface area contributed by atoms with E-state index in [0.29, 0.717) is 33.0 Å². The standard InChI is InChI=1S/C27H20ClN7O/c1-16-15-22(35(33-16)19-7-3-2-4-8-19)32-27(36)23-24-26(31-21-10-6-5-9-20(21)30-24)34(25(23)29)18-13-11-17(28)12-14-18/h2-15H,29H2,1H3,(H,32,36). The summed E-state index contributed by atoms with van der Waals surface area (Å²) in [6, 6.07) is 26.1. The molecule has 3 N–H and O–H groups in total. The molecule has 0 atom stereocenters. The van der Waals surface area contributed by atoms with Gasteiger partial charge >= 0.3 is 0 Å². The minimum Gasteiger partial charge on any atom is -0.384 e. The Morgan fingerprint density at radius 2 is 1.56 bits per heavy atom. The molecule has 0 unspecified atom stereocenters. The van der Waals surface area contributed by atoms with Gasteiger partial charge in [0.25, 0.3) is 5.91 Å². The molecule has 176 valence electrons. The second-order valence-electron chi connectivity index (χ2n) is 8.33. The molecule has 1 amide bonds. The van der Waals surface area contributed by atoms with Gasteiger partial charge in [0.15, 0.2) is 5.65 Å². The first-order chi connectivity index (χ1) is 17.5. The number of nitrogens with one attached hydrogen (secondary N) is 1. The third-order valence-corrected chi connectivity index (χ3v) is 6.14. The molecule has 6 aromatic rings. The number of carbonyl (C=O) groups excluding carboxylic acids is 1. The molecule has 3 aromatic heterocycles. The maximum Gasteiger partial charge on any atom is 0.262 e. The SMILES string of the molecule is Cc1cc(NC(=O)c2c(N)n(-c3ccc(Cl)cc3)c3nc4ccccc4nc23)n(-c2ccccc2)n1. The smallest absolute Gasteiger partial charge is 0.262 e. The van der Waals surface area contributed by atoms with Gasteiger partial charge in [-0.2, -0.15) is 5.10 Å². The fourth-order valence-electron chi connectivity index (χ4n) is 4.27. The van der Waals surface area contributed by atoms with E-state index in [1.54, 1.807) is 27.4 Å². The zero-order valence-electron chi connectivity index (χ0n) is 19.2. The number of halogens is 1. The van der Waals surface area contributed by atoms with Crippen LogP contribution >= 0.6 is 11.6 Å². The highest BCUT2D eigenvalue weighted by Gasteiger charge is 2.26.